The number of carbonyl (C=O) groups excluding carboxylic acids is 2. The molecule has 1 aliphatic rings. The Morgan fingerprint density at radius 1 is 1.25 bits per heavy atom. The number of carbonyl (C=O) groups is 2. The van der Waals surface area contributed by atoms with E-state index in [0.717, 1.165) is 0 Å². The van der Waals surface area contributed by atoms with Crippen molar-refractivity contribution in [3.63, 3.8) is 0 Å². The number of Topliss-reactive ketones (excluding diaryl/α,β-unsaturated/α-hetero) is 1. The summed E-state index contributed by atoms with van der Waals surface area (Å²) in [7, 11) is -3.58. The molecule has 1 amide bonds. The molecule has 0 unspecified atom stereocenters. The fraction of sp³-hybridized carbons (Fsp3) is 0.231. The van der Waals surface area contributed by atoms with Crippen LogP contribution >= 0.6 is 0 Å². The maximum atomic E-state index is 12.1. The first kappa shape index (κ1) is 14.3. The topological polar surface area (TPSA) is 89.5 Å². The minimum absolute atomic E-state index is 0.0247. The van der Waals surface area contributed by atoms with Crippen LogP contribution in [0.3, 0.4) is 0 Å². The third kappa shape index (κ3) is 2.88. The summed E-state index contributed by atoms with van der Waals surface area (Å²) in [6.07, 6.45) is 0.649. The first-order valence-electron chi connectivity index (χ1n) is 5.86. The largest absolute Gasteiger partial charge is 0.444 e. The van der Waals surface area contributed by atoms with Gasteiger partial charge in [0, 0.05) is 0 Å². The van der Waals surface area contributed by atoms with Crippen molar-refractivity contribution in [1.29, 1.82) is 0 Å². The molecule has 20 heavy (non-hydrogen) atoms. The summed E-state index contributed by atoms with van der Waals surface area (Å²) >= 11 is 0. The predicted octanol–water partition coefficient (Wildman–Crippen LogP) is 1.13. The van der Waals surface area contributed by atoms with Crippen molar-refractivity contribution in [3.8, 4) is 0 Å². The Morgan fingerprint density at radius 3 is 2.60 bits per heavy atom. The monoisotopic (exact) mass is 295 g/mol. The number of hydrogen-bond acceptors (Lipinski definition) is 5. The number of alkyl carbamates (subject to hydrolysis) is 1. The van der Waals surface area contributed by atoms with Crippen LogP contribution in [0.4, 0.5) is 4.79 Å². The Kier molecular flexibility index (Phi) is 3.89. The zero-order chi connectivity index (χ0) is 14.8. The summed E-state index contributed by atoms with van der Waals surface area (Å²) in [5, 5.41) is 2.22. The van der Waals surface area contributed by atoms with Crippen LogP contribution in [0.15, 0.2) is 34.1 Å². The second kappa shape index (κ2) is 5.46. The number of rotatable bonds is 4. The summed E-state index contributed by atoms with van der Waals surface area (Å²) < 4.78 is 29.1. The standard InChI is InChI=1S/C13H13NO5S/c1-9(15)7-14-13(16)19-8-11-6-10-4-2-3-5-12(10)20(11,17)18/h2-6H,7-8H2,1H3,(H,14,16). The smallest absolute Gasteiger partial charge is 0.407 e. The molecule has 7 heteroatoms. The first-order valence-corrected chi connectivity index (χ1v) is 7.34. The maximum absolute atomic E-state index is 12.1. The van der Waals surface area contributed by atoms with Gasteiger partial charge >= 0.3 is 6.09 Å². The highest BCUT2D eigenvalue weighted by Crippen LogP contribution is 2.32. The lowest BCUT2D eigenvalue weighted by Crippen LogP contribution is -2.29. The highest BCUT2D eigenvalue weighted by molar-refractivity contribution is 7.95. The average Bonchev–Trinajstić information content (AvgIpc) is 2.66. The molecule has 1 heterocycles. The normalized spacial score (nSPS) is 15.2. The van der Waals surface area contributed by atoms with Crippen molar-refractivity contribution in [2.24, 2.45) is 0 Å². The summed E-state index contributed by atoms with van der Waals surface area (Å²) in [5.41, 5.74) is 0.579. The van der Waals surface area contributed by atoms with Crippen LogP contribution < -0.4 is 5.32 Å². The molecular weight excluding hydrogens is 282 g/mol. The summed E-state index contributed by atoms with van der Waals surface area (Å²) in [4.78, 5) is 22.2. The number of fused-ring (bicyclic) bond motifs is 1. The fourth-order valence-corrected chi connectivity index (χ4v) is 3.21. The van der Waals surface area contributed by atoms with E-state index in [-0.39, 0.29) is 28.7 Å². The Morgan fingerprint density at radius 2 is 1.95 bits per heavy atom. The van der Waals surface area contributed by atoms with Gasteiger partial charge in [0.2, 0.25) is 9.84 Å². The molecule has 0 radical (unpaired) electrons. The van der Waals surface area contributed by atoms with E-state index in [9.17, 15) is 18.0 Å². The molecule has 106 valence electrons. The fourth-order valence-electron chi connectivity index (χ4n) is 1.74. The molecule has 2 rings (SSSR count). The number of ether oxygens (including phenoxy) is 1. The SMILES string of the molecule is CC(=O)CNC(=O)OCC1=Cc2ccccc2S1(=O)=O. The molecule has 0 spiro atoms. The average molecular weight is 295 g/mol. The minimum atomic E-state index is -3.58. The van der Waals surface area contributed by atoms with Gasteiger partial charge in [-0.3, -0.25) is 4.79 Å². The zero-order valence-electron chi connectivity index (χ0n) is 10.8. The Balaban J connectivity index is 2.02. The van der Waals surface area contributed by atoms with Crippen molar-refractivity contribution >= 4 is 27.8 Å². The van der Waals surface area contributed by atoms with E-state index in [1.54, 1.807) is 18.2 Å². The van der Waals surface area contributed by atoms with Gasteiger partial charge < -0.3 is 10.1 Å². The molecule has 0 saturated carbocycles. The zero-order valence-corrected chi connectivity index (χ0v) is 11.6. The third-order valence-corrected chi connectivity index (χ3v) is 4.57. The molecular formula is C13H13NO5S. The van der Waals surface area contributed by atoms with E-state index in [2.05, 4.69) is 5.32 Å². The second-order valence-electron chi connectivity index (χ2n) is 4.28. The van der Waals surface area contributed by atoms with Gasteiger partial charge in [-0.2, -0.15) is 0 Å². The summed E-state index contributed by atoms with van der Waals surface area (Å²) in [5.74, 6) is -0.220. The molecule has 0 saturated heterocycles. The van der Waals surface area contributed by atoms with Gasteiger partial charge in [-0.25, -0.2) is 13.2 Å². The molecule has 1 N–H and O–H groups in total. The van der Waals surface area contributed by atoms with Gasteiger partial charge in [0.25, 0.3) is 0 Å². The number of hydrogen-bond donors (Lipinski definition) is 1. The number of benzene rings is 1. The Labute approximate surface area is 116 Å². The van der Waals surface area contributed by atoms with E-state index in [1.165, 1.54) is 19.1 Å². The number of nitrogens with one attached hydrogen (secondary N) is 1. The highest BCUT2D eigenvalue weighted by Gasteiger charge is 2.29. The molecule has 0 aliphatic carbocycles. The lowest BCUT2D eigenvalue weighted by molar-refractivity contribution is -0.116. The summed E-state index contributed by atoms with van der Waals surface area (Å²) in [6, 6.07) is 6.54. The molecule has 0 aromatic heterocycles. The predicted molar refractivity (Wildman–Crippen MR) is 71.6 cm³/mol. The second-order valence-corrected chi connectivity index (χ2v) is 6.25. The molecule has 1 aromatic carbocycles. The summed E-state index contributed by atoms with van der Waals surface area (Å²) in [6.45, 7) is 0.812. The van der Waals surface area contributed by atoms with Gasteiger partial charge in [0.15, 0.2) is 0 Å². The van der Waals surface area contributed by atoms with Gasteiger partial charge in [-0.1, -0.05) is 18.2 Å². The van der Waals surface area contributed by atoms with Crippen LogP contribution in [0.5, 0.6) is 0 Å². The third-order valence-electron chi connectivity index (χ3n) is 2.70. The highest BCUT2D eigenvalue weighted by atomic mass is 32.2. The minimum Gasteiger partial charge on any atom is -0.444 e. The van der Waals surface area contributed by atoms with E-state index >= 15 is 0 Å². The molecule has 1 aliphatic heterocycles. The van der Waals surface area contributed by atoms with Crippen LogP contribution in [-0.4, -0.2) is 33.4 Å². The molecule has 0 bridgehead atoms. The van der Waals surface area contributed by atoms with Crippen LogP contribution in [-0.2, 0) is 19.4 Å². The Hall–Kier alpha value is -2.15. The number of ketones is 1. The lowest BCUT2D eigenvalue weighted by atomic mass is 10.2. The first-order chi connectivity index (χ1) is 9.41. The van der Waals surface area contributed by atoms with E-state index < -0.39 is 15.9 Å². The molecule has 1 aromatic rings. The van der Waals surface area contributed by atoms with Crippen molar-refractivity contribution in [3.05, 3.63) is 34.7 Å². The molecule has 0 fully saturated rings. The van der Waals surface area contributed by atoms with Crippen molar-refractivity contribution < 1.29 is 22.7 Å². The van der Waals surface area contributed by atoms with Gasteiger partial charge in [0.05, 0.1) is 16.3 Å². The van der Waals surface area contributed by atoms with Gasteiger partial charge in [0.1, 0.15) is 12.4 Å². The van der Waals surface area contributed by atoms with E-state index in [1.807, 2.05) is 0 Å². The maximum Gasteiger partial charge on any atom is 0.407 e. The van der Waals surface area contributed by atoms with Crippen LogP contribution in [0, 0.1) is 0 Å². The van der Waals surface area contributed by atoms with E-state index in [4.69, 9.17) is 4.74 Å². The quantitative estimate of drug-likeness (QED) is 0.899. The van der Waals surface area contributed by atoms with Crippen molar-refractivity contribution in [2.75, 3.05) is 13.2 Å². The molecule has 6 nitrogen and oxygen atoms in total. The van der Waals surface area contributed by atoms with Crippen LogP contribution in [0.1, 0.15) is 12.5 Å². The van der Waals surface area contributed by atoms with Crippen LogP contribution in [0.2, 0.25) is 0 Å². The number of amides is 1. The van der Waals surface area contributed by atoms with Crippen molar-refractivity contribution in [2.45, 2.75) is 11.8 Å². The van der Waals surface area contributed by atoms with Crippen LogP contribution in [0.25, 0.3) is 6.08 Å². The Bertz CT molecular complexity index is 690. The number of sulfone groups is 1. The van der Waals surface area contributed by atoms with E-state index in [0.29, 0.717) is 5.56 Å². The van der Waals surface area contributed by atoms with Crippen molar-refractivity contribution in [1.82, 2.24) is 5.32 Å². The van der Waals surface area contributed by atoms with Gasteiger partial charge in [-0.15, -0.1) is 0 Å². The molecule has 0 atom stereocenters. The lowest BCUT2D eigenvalue weighted by Gasteiger charge is -2.06. The van der Waals surface area contributed by atoms with Gasteiger partial charge in [-0.05, 0) is 24.6 Å².